The van der Waals surface area contributed by atoms with Gasteiger partial charge in [-0.3, -0.25) is 0 Å². The Morgan fingerprint density at radius 2 is 1.67 bits per heavy atom. The van der Waals surface area contributed by atoms with E-state index in [-0.39, 0.29) is 5.60 Å². The Hall–Kier alpha value is -0.820. The van der Waals surface area contributed by atoms with Crippen LogP contribution in [0.2, 0.25) is 0 Å². The molecule has 0 N–H and O–H groups in total. The highest BCUT2D eigenvalue weighted by molar-refractivity contribution is 5.31. The van der Waals surface area contributed by atoms with Gasteiger partial charge in [-0.15, -0.1) is 0 Å². The van der Waals surface area contributed by atoms with E-state index in [0.29, 0.717) is 0 Å². The van der Waals surface area contributed by atoms with Crippen molar-refractivity contribution in [2.75, 3.05) is 7.11 Å². The number of ether oxygens (including phenoxy) is 1. The lowest BCUT2D eigenvalue weighted by Crippen LogP contribution is -2.21. The van der Waals surface area contributed by atoms with Crippen molar-refractivity contribution in [3.05, 3.63) is 35.4 Å². The molecule has 0 radical (unpaired) electrons. The molecule has 1 nitrogen and oxygen atoms in total. The van der Waals surface area contributed by atoms with Crippen LogP contribution in [0.4, 0.5) is 0 Å². The lowest BCUT2D eigenvalue weighted by molar-refractivity contribution is 0.0185. The van der Waals surface area contributed by atoms with Crippen LogP contribution in [0, 0.1) is 0 Å². The molecule has 0 saturated heterocycles. The largest absolute Gasteiger partial charge is 0.374 e. The molecule has 0 aliphatic rings. The highest BCUT2D eigenvalue weighted by Gasteiger charge is 2.21. The molecule has 1 aromatic carbocycles. The van der Waals surface area contributed by atoms with Gasteiger partial charge in [-0.05, 0) is 31.4 Å². The van der Waals surface area contributed by atoms with Gasteiger partial charge in [0, 0.05) is 7.11 Å². The molecule has 0 aliphatic carbocycles. The van der Waals surface area contributed by atoms with E-state index in [2.05, 4.69) is 45.0 Å². The van der Waals surface area contributed by atoms with E-state index in [4.69, 9.17) is 4.74 Å². The van der Waals surface area contributed by atoms with Gasteiger partial charge in [0.25, 0.3) is 0 Å². The summed E-state index contributed by atoms with van der Waals surface area (Å²) in [4.78, 5) is 0. The smallest absolute Gasteiger partial charge is 0.0874 e. The molecular weight excluding hydrogens is 184 g/mol. The summed E-state index contributed by atoms with van der Waals surface area (Å²) in [6, 6.07) is 8.45. The van der Waals surface area contributed by atoms with Crippen LogP contribution in [0.1, 0.15) is 45.7 Å². The Kier molecular flexibility index (Phi) is 6.26. The average molecular weight is 208 g/mol. The van der Waals surface area contributed by atoms with Crippen LogP contribution in [0.5, 0.6) is 0 Å². The van der Waals surface area contributed by atoms with Crippen LogP contribution in [-0.4, -0.2) is 7.11 Å². The molecule has 15 heavy (non-hydrogen) atoms. The van der Waals surface area contributed by atoms with Crippen molar-refractivity contribution in [2.45, 2.75) is 46.6 Å². The molecule has 1 rings (SSSR count). The minimum absolute atomic E-state index is 0.174. The molecule has 0 atom stereocenters. The number of benzene rings is 1. The van der Waals surface area contributed by atoms with E-state index in [1.54, 1.807) is 7.11 Å². The first-order valence-electron chi connectivity index (χ1n) is 5.75. The van der Waals surface area contributed by atoms with E-state index >= 15 is 0 Å². The monoisotopic (exact) mass is 208 g/mol. The van der Waals surface area contributed by atoms with E-state index < -0.39 is 0 Å². The molecule has 0 amide bonds. The topological polar surface area (TPSA) is 9.23 Å². The van der Waals surface area contributed by atoms with Crippen LogP contribution in [-0.2, 0) is 16.8 Å². The van der Waals surface area contributed by atoms with E-state index in [9.17, 15) is 0 Å². The molecule has 0 fully saturated rings. The van der Waals surface area contributed by atoms with Gasteiger partial charge in [0.15, 0.2) is 0 Å². The van der Waals surface area contributed by atoms with Crippen molar-refractivity contribution >= 4 is 0 Å². The zero-order valence-electron chi connectivity index (χ0n) is 10.9. The molecule has 0 saturated carbocycles. The third kappa shape index (κ3) is 3.67. The summed E-state index contributed by atoms with van der Waals surface area (Å²) in [5.74, 6) is 0. The van der Waals surface area contributed by atoms with Gasteiger partial charge in [0.05, 0.1) is 5.60 Å². The summed E-state index contributed by atoms with van der Waals surface area (Å²) >= 11 is 0. The number of aryl methyl sites for hydroxylation is 1. The predicted octanol–water partition coefficient (Wildman–Crippen LogP) is 4.16. The van der Waals surface area contributed by atoms with Gasteiger partial charge in [0.1, 0.15) is 0 Å². The molecule has 1 heteroatoms. The van der Waals surface area contributed by atoms with Crippen molar-refractivity contribution < 1.29 is 4.74 Å². The highest BCUT2D eigenvalue weighted by atomic mass is 16.5. The molecule has 0 bridgehead atoms. The highest BCUT2D eigenvalue weighted by Crippen LogP contribution is 2.26. The van der Waals surface area contributed by atoms with Crippen LogP contribution in [0.3, 0.4) is 0 Å². The minimum atomic E-state index is -0.174. The fourth-order valence-corrected chi connectivity index (χ4v) is 1.53. The Bertz CT molecular complexity index is 276. The normalized spacial score (nSPS) is 10.5. The maximum Gasteiger partial charge on any atom is 0.0874 e. The second-order valence-electron chi connectivity index (χ2n) is 3.73. The predicted molar refractivity (Wildman–Crippen MR) is 67.2 cm³/mol. The summed E-state index contributed by atoms with van der Waals surface area (Å²) in [6.07, 6.45) is 1.06. The van der Waals surface area contributed by atoms with Crippen molar-refractivity contribution in [3.8, 4) is 0 Å². The SMILES string of the molecule is CC.CCc1ccccc1C(C)(C)OC. The first-order valence-corrected chi connectivity index (χ1v) is 5.75. The summed E-state index contributed by atoms with van der Waals surface area (Å²) in [5, 5.41) is 0. The molecule has 0 heterocycles. The fraction of sp³-hybridized carbons (Fsp3) is 0.571. The van der Waals surface area contributed by atoms with Crippen LogP contribution < -0.4 is 0 Å². The molecule has 86 valence electrons. The molecule has 0 spiro atoms. The van der Waals surface area contributed by atoms with Crippen LogP contribution in [0.15, 0.2) is 24.3 Å². The first kappa shape index (κ1) is 14.2. The molecule has 0 aliphatic heterocycles. The average Bonchev–Trinajstić information content (AvgIpc) is 2.31. The molecule has 1 aromatic rings. The number of rotatable bonds is 3. The van der Waals surface area contributed by atoms with Gasteiger partial charge in [-0.25, -0.2) is 0 Å². The summed E-state index contributed by atoms with van der Waals surface area (Å²) in [6.45, 7) is 10.4. The maximum atomic E-state index is 5.47. The van der Waals surface area contributed by atoms with E-state index in [1.165, 1.54) is 11.1 Å². The fourth-order valence-electron chi connectivity index (χ4n) is 1.53. The standard InChI is InChI=1S/C12H18O.C2H6/c1-5-10-8-6-7-9-11(10)12(2,3)13-4;1-2/h6-9H,5H2,1-4H3;1-2H3. The zero-order valence-corrected chi connectivity index (χ0v) is 10.9. The molecular formula is C14H24O. The first-order chi connectivity index (χ1) is 7.11. The van der Waals surface area contributed by atoms with E-state index in [0.717, 1.165) is 6.42 Å². The van der Waals surface area contributed by atoms with E-state index in [1.807, 2.05) is 13.8 Å². The van der Waals surface area contributed by atoms with Gasteiger partial charge in [-0.2, -0.15) is 0 Å². The van der Waals surface area contributed by atoms with Gasteiger partial charge in [-0.1, -0.05) is 45.0 Å². The lowest BCUT2D eigenvalue weighted by atomic mass is 9.92. The van der Waals surface area contributed by atoms with Crippen LogP contribution >= 0.6 is 0 Å². The summed E-state index contributed by atoms with van der Waals surface area (Å²) in [7, 11) is 1.76. The van der Waals surface area contributed by atoms with Gasteiger partial charge in [0.2, 0.25) is 0 Å². The number of hydrogen-bond donors (Lipinski definition) is 0. The quantitative estimate of drug-likeness (QED) is 0.725. The number of methoxy groups -OCH3 is 1. The van der Waals surface area contributed by atoms with Crippen molar-refractivity contribution in [1.82, 2.24) is 0 Å². The van der Waals surface area contributed by atoms with Gasteiger partial charge < -0.3 is 4.74 Å². The number of hydrogen-bond acceptors (Lipinski definition) is 1. The molecule has 0 unspecified atom stereocenters. The second-order valence-corrected chi connectivity index (χ2v) is 3.73. The van der Waals surface area contributed by atoms with Crippen molar-refractivity contribution in [1.29, 1.82) is 0 Å². The summed E-state index contributed by atoms with van der Waals surface area (Å²) < 4.78 is 5.47. The maximum absolute atomic E-state index is 5.47. The third-order valence-electron chi connectivity index (χ3n) is 2.56. The van der Waals surface area contributed by atoms with Crippen molar-refractivity contribution in [2.24, 2.45) is 0 Å². The Labute approximate surface area is 94.5 Å². The zero-order chi connectivity index (χ0) is 11.9. The van der Waals surface area contributed by atoms with Gasteiger partial charge >= 0.3 is 0 Å². The van der Waals surface area contributed by atoms with Crippen molar-refractivity contribution in [3.63, 3.8) is 0 Å². The Morgan fingerprint density at radius 1 is 1.13 bits per heavy atom. The Balaban J connectivity index is 0.000000921. The lowest BCUT2D eigenvalue weighted by Gasteiger charge is -2.25. The third-order valence-corrected chi connectivity index (χ3v) is 2.56. The second kappa shape index (κ2) is 6.62. The summed E-state index contributed by atoms with van der Waals surface area (Å²) in [5.41, 5.74) is 2.49. The molecule has 0 aromatic heterocycles. The Morgan fingerprint density at radius 3 is 2.13 bits per heavy atom. The minimum Gasteiger partial charge on any atom is -0.374 e. The van der Waals surface area contributed by atoms with Crippen LogP contribution in [0.25, 0.3) is 0 Å².